The van der Waals surface area contributed by atoms with E-state index in [9.17, 15) is 4.79 Å². The van der Waals surface area contributed by atoms with E-state index in [0.717, 1.165) is 48.9 Å². The van der Waals surface area contributed by atoms with Gasteiger partial charge in [-0.3, -0.25) is 4.79 Å². The average Bonchev–Trinajstić information content (AvgIpc) is 3.50. The quantitative estimate of drug-likeness (QED) is 0.535. The Morgan fingerprint density at radius 3 is 2.17 bits per heavy atom. The smallest absolute Gasteiger partial charge is 0.282 e. The third kappa shape index (κ3) is 3.89. The minimum absolute atomic E-state index is 0.119. The number of benzene rings is 3. The van der Waals surface area contributed by atoms with Crippen LogP contribution in [0, 0.1) is 0 Å². The van der Waals surface area contributed by atoms with Crippen LogP contribution in [0.15, 0.2) is 89.5 Å². The van der Waals surface area contributed by atoms with E-state index in [1.54, 1.807) is 0 Å². The van der Waals surface area contributed by atoms with Crippen LogP contribution >= 0.6 is 0 Å². The molecule has 3 heterocycles. The van der Waals surface area contributed by atoms with Crippen LogP contribution in [0.1, 0.15) is 12.5 Å². The number of carbonyl (C=O) groups is 1. The van der Waals surface area contributed by atoms with Crippen molar-refractivity contribution in [3.05, 3.63) is 90.0 Å². The summed E-state index contributed by atoms with van der Waals surface area (Å²) in [5, 5.41) is 6.14. The third-order valence-corrected chi connectivity index (χ3v) is 6.62. The predicted octanol–water partition coefficient (Wildman–Crippen LogP) is 4.37. The molecule has 0 aromatic heterocycles. The van der Waals surface area contributed by atoms with Gasteiger partial charge in [-0.05, 0) is 49.4 Å². The van der Waals surface area contributed by atoms with Crippen LogP contribution < -0.4 is 19.4 Å². The van der Waals surface area contributed by atoms with Crippen molar-refractivity contribution in [3.63, 3.8) is 0 Å². The van der Waals surface area contributed by atoms with E-state index in [-0.39, 0.29) is 12.7 Å². The fraction of sp³-hybridized carbons (Fsp3) is 0.214. The van der Waals surface area contributed by atoms with E-state index in [4.69, 9.17) is 9.47 Å². The number of piperazine rings is 1. The second kappa shape index (κ2) is 8.83. The Kier molecular flexibility index (Phi) is 5.37. The van der Waals surface area contributed by atoms with Gasteiger partial charge in [0.1, 0.15) is 0 Å². The fourth-order valence-electron chi connectivity index (χ4n) is 4.88. The molecule has 1 saturated heterocycles. The number of fused-ring (bicyclic) bond motifs is 1. The molecule has 7 heteroatoms. The molecule has 3 aliphatic rings. The molecule has 35 heavy (non-hydrogen) atoms. The summed E-state index contributed by atoms with van der Waals surface area (Å²) in [6.07, 6.45) is 0. The number of para-hydroxylation sites is 2. The van der Waals surface area contributed by atoms with Gasteiger partial charge in [-0.15, -0.1) is 0 Å². The van der Waals surface area contributed by atoms with E-state index >= 15 is 0 Å². The molecule has 7 nitrogen and oxygen atoms in total. The number of hydrogen-bond donors (Lipinski definition) is 0. The van der Waals surface area contributed by atoms with E-state index < -0.39 is 0 Å². The number of rotatable bonds is 4. The molecular weight excluding hydrogens is 440 g/mol. The lowest BCUT2D eigenvalue weighted by Crippen LogP contribution is -2.46. The SMILES string of the molecule is CC1=NN(c2ccccc2)C(=O)/C1=C(\c1ccc2c(c1)OCO2)N1CCN(c2ccccc2)CC1. The van der Waals surface area contributed by atoms with Crippen LogP contribution in [0.3, 0.4) is 0 Å². The molecule has 0 atom stereocenters. The maximum absolute atomic E-state index is 13.8. The predicted molar refractivity (Wildman–Crippen MR) is 137 cm³/mol. The maximum Gasteiger partial charge on any atom is 0.282 e. The van der Waals surface area contributed by atoms with Crippen LogP contribution in [0.2, 0.25) is 0 Å². The van der Waals surface area contributed by atoms with Crippen molar-refractivity contribution in [2.75, 3.05) is 42.9 Å². The Hall–Kier alpha value is -4.26. The summed E-state index contributed by atoms with van der Waals surface area (Å²) in [5.74, 6) is 1.30. The first-order valence-corrected chi connectivity index (χ1v) is 11.8. The van der Waals surface area contributed by atoms with Gasteiger partial charge in [0.25, 0.3) is 5.91 Å². The van der Waals surface area contributed by atoms with Crippen molar-refractivity contribution < 1.29 is 14.3 Å². The lowest BCUT2D eigenvalue weighted by molar-refractivity contribution is -0.114. The highest BCUT2D eigenvalue weighted by Gasteiger charge is 2.35. The molecule has 0 radical (unpaired) electrons. The molecule has 1 amide bonds. The van der Waals surface area contributed by atoms with Crippen LogP contribution in [-0.4, -0.2) is 49.5 Å². The van der Waals surface area contributed by atoms with Crippen molar-refractivity contribution >= 4 is 28.7 Å². The minimum atomic E-state index is -0.119. The van der Waals surface area contributed by atoms with E-state index in [1.165, 1.54) is 10.7 Å². The summed E-state index contributed by atoms with van der Waals surface area (Å²) in [7, 11) is 0. The van der Waals surface area contributed by atoms with Gasteiger partial charge in [-0.25, -0.2) is 0 Å². The summed E-state index contributed by atoms with van der Waals surface area (Å²) in [5.41, 5.74) is 5.12. The van der Waals surface area contributed by atoms with Gasteiger partial charge < -0.3 is 19.3 Å². The summed E-state index contributed by atoms with van der Waals surface area (Å²) in [6, 6.07) is 25.9. The molecule has 0 aliphatic carbocycles. The largest absolute Gasteiger partial charge is 0.454 e. The van der Waals surface area contributed by atoms with Crippen LogP contribution in [-0.2, 0) is 4.79 Å². The third-order valence-electron chi connectivity index (χ3n) is 6.62. The van der Waals surface area contributed by atoms with E-state index in [1.807, 2.05) is 61.5 Å². The molecule has 0 N–H and O–H groups in total. The zero-order chi connectivity index (χ0) is 23.8. The molecule has 0 saturated carbocycles. The van der Waals surface area contributed by atoms with Crippen LogP contribution in [0.5, 0.6) is 11.5 Å². The molecule has 3 aromatic rings. The number of ether oxygens (including phenoxy) is 2. The van der Waals surface area contributed by atoms with E-state index in [0.29, 0.717) is 17.0 Å². The maximum atomic E-state index is 13.8. The van der Waals surface area contributed by atoms with E-state index in [2.05, 4.69) is 39.2 Å². The van der Waals surface area contributed by atoms with Crippen molar-refractivity contribution in [3.8, 4) is 11.5 Å². The van der Waals surface area contributed by atoms with Crippen molar-refractivity contribution in [1.29, 1.82) is 0 Å². The van der Waals surface area contributed by atoms with Gasteiger partial charge >= 0.3 is 0 Å². The number of hydrogen-bond acceptors (Lipinski definition) is 6. The topological polar surface area (TPSA) is 57.6 Å². The summed E-state index contributed by atoms with van der Waals surface area (Å²) < 4.78 is 11.2. The molecule has 6 rings (SSSR count). The van der Waals surface area contributed by atoms with Crippen LogP contribution in [0.4, 0.5) is 11.4 Å². The monoisotopic (exact) mass is 466 g/mol. The molecule has 3 aliphatic heterocycles. The Labute approximate surface area is 204 Å². The number of carbonyl (C=O) groups excluding carboxylic acids is 1. The van der Waals surface area contributed by atoms with Crippen molar-refractivity contribution in [2.24, 2.45) is 5.10 Å². The highest BCUT2D eigenvalue weighted by molar-refractivity contribution is 6.33. The Balaban J connectivity index is 1.39. The molecule has 0 unspecified atom stereocenters. The first-order valence-electron chi connectivity index (χ1n) is 11.8. The van der Waals surface area contributed by atoms with Gasteiger partial charge in [-0.2, -0.15) is 10.1 Å². The highest BCUT2D eigenvalue weighted by Crippen LogP contribution is 2.38. The average molecular weight is 467 g/mol. The first-order chi connectivity index (χ1) is 17.2. The van der Waals surface area contributed by atoms with Crippen molar-refractivity contribution in [1.82, 2.24) is 4.90 Å². The molecular formula is C28H26N4O3. The molecule has 176 valence electrons. The Morgan fingerprint density at radius 1 is 0.800 bits per heavy atom. The lowest BCUT2D eigenvalue weighted by atomic mass is 10.00. The second-order valence-electron chi connectivity index (χ2n) is 8.74. The van der Waals surface area contributed by atoms with Crippen molar-refractivity contribution in [2.45, 2.75) is 6.92 Å². The summed E-state index contributed by atoms with van der Waals surface area (Å²) in [6.45, 7) is 5.41. The Morgan fingerprint density at radius 2 is 1.46 bits per heavy atom. The lowest BCUT2D eigenvalue weighted by Gasteiger charge is -2.39. The van der Waals surface area contributed by atoms with Gasteiger partial charge in [0, 0.05) is 37.4 Å². The standard InChI is InChI=1S/C28H26N4O3/c1-20-26(28(33)32(29-20)23-10-6-3-7-11-23)27(21-12-13-24-25(18-21)35-19-34-24)31-16-14-30(15-17-31)22-8-4-2-5-9-22/h2-13,18H,14-17,19H2,1H3/b27-26+. The zero-order valence-electron chi connectivity index (χ0n) is 19.6. The normalized spacial score (nSPS) is 18.7. The summed E-state index contributed by atoms with van der Waals surface area (Å²) >= 11 is 0. The number of hydrazone groups is 1. The molecule has 1 fully saturated rings. The fourth-order valence-corrected chi connectivity index (χ4v) is 4.88. The zero-order valence-corrected chi connectivity index (χ0v) is 19.6. The minimum Gasteiger partial charge on any atom is -0.454 e. The van der Waals surface area contributed by atoms with Gasteiger partial charge in [0.05, 0.1) is 22.7 Å². The van der Waals surface area contributed by atoms with Crippen LogP contribution in [0.25, 0.3) is 5.70 Å². The number of anilines is 2. The first kappa shape index (κ1) is 21.3. The van der Waals surface area contributed by atoms with Gasteiger partial charge in [0.15, 0.2) is 11.5 Å². The number of amides is 1. The molecule has 0 spiro atoms. The van der Waals surface area contributed by atoms with Gasteiger partial charge in [0.2, 0.25) is 6.79 Å². The van der Waals surface area contributed by atoms with Gasteiger partial charge in [-0.1, -0.05) is 36.4 Å². The molecule has 3 aromatic carbocycles. The summed E-state index contributed by atoms with van der Waals surface area (Å²) in [4.78, 5) is 18.4. The second-order valence-corrected chi connectivity index (χ2v) is 8.74. The Bertz CT molecular complexity index is 1310. The molecule has 0 bridgehead atoms. The number of nitrogens with zero attached hydrogens (tertiary/aromatic N) is 4. The highest BCUT2D eigenvalue weighted by atomic mass is 16.7.